The van der Waals surface area contributed by atoms with Gasteiger partial charge in [0.05, 0.1) is 6.10 Å². The Balaban J connectivity index is 2.29. The maximum absolute atomic E-state index is 9.54. The Morgan fingerprint density at radius 1 is 1.17 bits per heavy atom. The van der Waals surface area contributed by atoms with Crippen LogP contribution in [0.4, 0.5) is 0 Å². The van der Waals surface area contributed by atoms with Crippen LogP contribution >= 0.6 is 0 Å². The van der Waals surface area contributed by atoms with Crippen LogP contribution in [0.1, 0.15) is 32.1 Å². The van der Waals surface area contributed by atoms with E-state index < -0.39 is 0 Å². The highest BCUT2D eigenvalue weighted by Gasteiger charge is 2.21. The second-order valence-electron chi connectivity index (χ2n) is 3.33. The predicted octanol–water partition coefficient (Wildman–Crippen LogP) is 0.923. The third-order valence-electron chi connectivity index (χ3n) is 2.44. The lowest BCUT2D eigenvalue weighted by Crippen LogP contribution is -2.23. The molecule has 1 aliphatic rings. The third kappa shape index (κ3) is 2.84. The van der Waals surface area contributed by atoms with Crippen LogP contribution < -0.4 is 0 Å². The molecule has 0 aliphatic heterocycles. The average Bonchev–Trinajstić information content (AvgIpc) is 2.09. The van der Waals surface area contributed by atoms with Crippen molar-refractivity contribution in [3.63, 3.8) is 0 Å². The molecule has 2 N–H and O–H groups in total. The van der Waals surface area contributed by atoms with Crippen molar-refractivity contribution in [2.45, 2.75) is 38.2 Å². The molecule has 2 heteroatoms. The summed E-state index contributed by atoms with van der Waals surface area (Å²) in [5.41, 5.74) is 0. The summed E-state index contributed by atoms with van der Waals surface area (Å²) in [6, 6.07) is 0. The topological polar surface area (TPSA) is 40.5 Å². The second kappa shape index (κ2) is 5.18. The standard InChI is InChI=1S/C10H16O2/c11-8-4-3-6-9-5-1-2-7-10(9)12/h9-12H,1-2,5-8H2. The SMILES string of the molecule is OCC#CCC1CCCCC1O. The fraction of sp³-hybridized carbons (Fsp3) is 0.800. The molecule has 0 aromatic heterocycles. The molecule has 0 aromatic rings. The fourth-order valence-corrected chi connectivity index (χ4v) is 1.69. The zero-order valence-electron chi connectivity index (χ0n) is 7.29. The average molecular weight is 168 g/mol. The summed E-state index contributed by atoms with van der Waals surface area (Å²) in [6.07, 6.45) is 4.94. The number of aliphatic hydroxyl groups is 2. The van der Waals surface area contributed by atoms with Gasteiger partial charge < -0.3 is 10.2 Å². The van der Waals surface area contributed by atoms with E-state index in [0.29, 0.717) is 5.92 Å². The largest absolute Gasteiger partial charge is 0.393 e. The summed E-state index contributed by atoms with van der Waals surface area (Å²) in [7, 11) is 0. The van der Waals surface area contributed by atoms with Crippen LogP contribution in [0.25, 0.3) is 0 Å². The lowest BCUT2D eigenvalue weighted by atomic mass is 9.84. The van der Waals surface area contributed by atoms with Crippen molar-refractivity contribution in [1.29, 1.82) is 0 Å². The molecule has 0 aromatic carbocycles. The summed E-state index contributed by atoms with van der Waals surface area (Å²) in [4.78, 5) is 0. The molecule has 1 rings (SSSR count). The van der Waals surface area contributed by atoms with Crippen molar-refractivity contribution in [1.82, 2.24) is 0 Å². The Labute approximate surface area is 73.6 Å². The van der Waals surface area contributed by atoms with Gasteiger partial charge in [-0.05, 0) is 18.8 Å². The molecule has 1 fully saturated rings. The van der Waals surface area contributed by atoms with E-state index in [9.17, 15) is 5.11 Å². The number of rotatable bonds is 1. The maximum Gasteiger partial charge on any atom is 0.104 e. The number of aliphatic hydroxyl groups excluding tert-OH is 2. The molecule has 2 nitrogen and oxygen atoms in total. The van der Waals surface area contributed by atoms with Crippen molar-refractivity contribution in [2.75, 3.05) is 6.61 Å². The van der Waals surface area contributed by atoms with Crippen molar-refractivity contribution in [3.8, 4) is 11.8 Å². The lowest BCUT2D eigenvalue weighted by Gasteiger charge is -2.25. The monoisotopic (exact) mass is 168 g/mol. The minimum atomic E-state index is -0.160. The van der Waals surface area contributed by atoms with Crippen molar-refractivity contribution in [3.05, 3.63) is 0 Å². The van der Waals surface area contributed by atoms with Gasteiger partial charge in [0.25, 0.3) is 0 Å². The van der Waals surface area contributed by atoms with Gasteiger partial charge in [0.2, 0.25) is 0 Å². The van der Waals surface area contributed by atoms with Gasteiger partial charge in [-0.1, -0.05) is 18.8 Å². The Hall–Kier alpha value is -0.520. The molecule has 1 saturated carbocycles. The first-order valence-corrected chi connectivity index (χ1v) is 4.59. The quantitative estimate of drug-likeness (QED) is 0.572. The van der Waals surface area contributed by atoms with Gasteiger partial charge in [-0.25, -0.2) is 0 Å². The molecule has 12 heavy (non-hydrogen) atoms. The van der Waals surface area contributed by atoms with E-state index in [4.69, 9.17) is 5.11 Å². The van der Waals surface area contributed by atoms with Gasteiger partial charge in [-0.3, -0.25) is 0 Å². The Bertz CT molecular complexity index is 178. The molecule has 0 heterocycles. The van der Waals surface area contributed by atoms with Crippen LogP contribution in [0.2, 0.25) is 0 Å². The smallest absolute Gasteiger partial charge is 0.104 e. The highest BCUT2D eigenvalue weighted by molar-refractivity contribution is 5.00. The van der Waals surface area contributed by atoms with Crippen molar-refractivity contribution >= 4 is 0 Å². The van der Waals surface area contributed by atoms with Crippen molar-refractivity contribution in [2.24, 2.45) is 5.92 Å². The zero-order chi connectivity index (χ0) is 8.81. The highest BCUT2D eigenvalue weighted by Crippen LogP contribution is 2.26. The van der Waals surface area contributed by atoms with Gasteiger partial charge in [0.15, 0.2) is 0 Å². The zero-order valence-corrected chi connectivity index (χ0v) is 7.29. The summed E-state index contributed by atoms with van der Waals surface area (Å²) >= 11 is 0. The molecule has 0 spiro atoms. The summed E-state index contributed by atoms with van der Waals surface area (Å²) < 4.78 is 0. The minimum Gasteiger partial charge on any atom is -0.393 e. The van der Waals surface area contributed by atoms with Crippen LogP contribution in [0.3, 0.4) is 0 Å². The van der Waals surface area contributed by atoms with Gasteiger partial charge in [0.1, 0.15) is 6.61 Å². The van der Waals surface area contributed by atoms with Crippen molar-refractivity contribution < 1.29 is 10.2 Å². The number of hydrogen-bond acceptors (Lipinski definition) is 2. The Morgan fingerprint density at radius 2 is 1.92 bits per heavy atom. The molecule has 1 aliphatic carbocycles. The highest BCUT2D eigenvalue weighted by atomic mass is 16.3. The van der Waals surface area contributed by atoms with E-state index in [-0.39, 0.29) is 12.7 Å². The molecule has 0 bridgehead atoms. The minimum absolute atomic E-state index is 0.0667. The van der Waals surface area contributed by atoms with Crippen LogP contribution in [-0.4, -0.2) is 22.9 Å². The lowest BCUT2D eigenvalue weighted by molar-refractivity contribution is 0.0724. The summed E-state index contributed by atoms with van der Waals surface area (Å²) in [5.74, 6) is 5.83. The fourth-order valence-electron chi connectivity index (χ4n) is 1.69. The van der Waals surface area contributed by atoms with Crippen LogP contribution in [0.5, 0.6) is 0 Å². The predicted molar refractivity (Wildman–Crippen MR) is 47.4 cm³/mol. The Morgan fingerprint density at radius 3 is 2.58 bits per heavy atom. The third-order valence-corrected chi connectivity index (χ3v) is 2.44. The van der Waals surface area contributed by atoms with E-state index in [1.54, 1.807) is 0 Å². The normalized spacial score (nSPS) is 29.2. The summed E-state index contributed by atoms with van der Waals surface area (Å²) in [5, 5.41) is 18.0. The van der Waals surface area contributed by atoms with Gasteiger partial charge in [-0.2, -0.15) is 0 Å². The van der Waals surface area contributed by atoms with E-state index >= 15 is 0 Å². The molecule has 2 atom stereocenters. The van der Waals surface area contributed by atoms with E-state index in [0.717, 1.165) is 25.7 Å². The first kappa shape index (κ1) is 9.57. The van der Waals surface area contributed by atoms with Gasteiger partial charge in [-0.15, -0.1) is 5.92 Å². The molecule has 0 amide bonds. The molecule has 68 valence electrons. The second-order valence-corrected chi connectivity index (χ2v) is 3.33. The van der Waals surface area contributed by atoms with E-state index in [1.165, 1.54) is 6.42 Å². The molecule has 2 unspecified atom stereocenters. The molecule has 0 saturated heterocycles. The van der Waals surface area contributed by atoms with Crippen LogP contribution in [-0.2, 0) is 0 Å². The molecular formula is C10H16O2. The van der Waals surface area contributed by atoms with E-state index in [1.807, 2.05) is 0 Å². The first-order chi connectivity index (χ1) is 5.84. The van der Waals surface area contributed by atoms with Gasteiger partial charge >= 0.3 is 0 Å². The molecule has 0 radical (unpaired) electrons. The van der Waals surface area contributed by atoms with Crippen LogP contribution in [0, 0.1) is 17.8 Å². The first-order valence-electron chi connectivity index (χ1n) is 4.59. The van der Waals surface area contributed by atoms with Crippen LogP contribution in [0.15, 0.2) is 0 Å². The number of hydrogen-bond donors (Lipinski definition) is 2. The van der Waals surface area contributed by atoms with E-state index in [2.05, 4.69) is 11.8 Å². The molecular weight excluding hydrogens is 152 g/mol. The van der Waals surface area contributed by atoms with Gasteiger partial charge in [0, 0.05) is 6.42 Å². The maximum atomic E-state index is 9.54. The summed E-state index contributed by atoms with van der Waals surface area (Å²) in [6.45, 7) is -0.0667. The Kier molecular flexibility index (Phi) is 4.13.